The summed E-state index contributed by atoms with van der Waals surface area (Å²) >= 11 is 0. The zero-order valence-corrected chi connectivity index (χ0v) is 14.9. The molecule has 1 aliphatic heterocycles. The number of nitrogens with zero attached hydrogens (tertiary/aromatic N) is 4. The van der Waals surface area contributed by atoms with Crippen molar-refractivity contribution in [2.24, 2.45) is 0 Å². The maximum Gasteiger partial charge on any atom is 0.410 e. The number of amides is 1. The van der Waals surface area contributed by atoms with Gasteiger partial charge in [-0.1, -0.05) is 0 Å². The quantitative estimate of drug-likeness (QED) is 0.855. The predicted octanol–water partition coefficient (Wildman–Crippen LogP) is 0.991. The van der Waals surface area contributed by atoms with Gasteiger partial charge < -0.3 is 19.5 Å². The van der Waals surface area contributed by atoms with Gasteiger partial charge in [0.15, 0.2) is 0 Å². The Kier molecular flexibility index (Phi) is 5.78. The van der Waals surface area contributed by atoms with Crippen LogP contribution in [0.1, 0.15) is 26.5 Å². The number of aromatic nitrogens is 2. The first-order valence-corrected chi connectivity index (χ1v) is 8.00. The zero-order chi connectivity index (χ0) is 18.6. The molecule has 9 heteroatoms. The van der Waals surface area contributed by atoms with E-state index in [1.807, 2.05) is 0 Å². The van der Waals surface area contributed by atoms with E-state index in [9.17, 15) is 14.7 Å². The van der Waals surface area contributed by atoms with Crippen LogP contribution in [0.2, 0.25) is 0 Å². The number of piperazine rings is 1. The summed E-state index contributed by atoms with van der Waals surface area (Å²) in [5, 5.41) is 9.56. The van der Waals surface area contributed by atoms with Crippen LogP contribution in [-0.4, -0.2) is 75.3 Å². The van der Waals surface area contributed by atoms with Crippen LogP contribution in [-0.2, 0) is 16.1 Å². The van der Waals surface area contributed by atoms with Gasteiger partial charge in [-0.2, -0.15) is 0 Å². The topological polar surface area (TPSA) is 105 Å². The van der Waals surface area contributed by atoms with Crippen LogP contribution >= 0.6 is 0 Å². The lowest BCUT2D eigenvalue weighted by atomic mass is 10.1. The molecule has 1 aromatic rings. The molecule has 2 rings (SSSR count). The van der Waals surface area contributed by atoms with Crippen molar-refractivity contribution < 1.29 is 24.2 Å². The SMILES string of the molecule is COc1nccnc1CN1CCN(C(=O)OC(C)(C)C)C[C@H]1C(=O)O. The first kappa shape index (κ1) is 18.9. The van der Waals surface area contributed by atoms with E-state index in [1.54, 1.807) is 25.7 Å². The van der Waals surface area contributed by atoms with Crippen molar-refractivity contribution >= 4 is 12.1 Å². The zero-order valence-electron chi connectivity index (χ0n) is 14.9. The van der Waals surface area contributed by atoms with Crippen LogP contribution in [0.3, 0.4) is 0 Å². The molecule has 2 heterocycles. The number of carboxylic acids is 1. The highest BCUT2D eigenvalue weighted by Crippen LogP contribution is 2.19. The van der Waals surface area contributed by atoms with Gasteiger partial charge in [-0.15, -0.1) is 0 Å². The smallest absolute Gasteiger partial charge is 0.410 e. The van der Waals surface area contributed by atoms with Gasteiger partial charge in [0.25, 0.3) is 0 Å². The third-order valence-electron chi connectivity index (χ3n) is 3.71. The molecule has 1 aromatic heterocycles. The molecule has 1 atom stereocenters. The van der Waals surface area contributed by atoms with E-state index in [0.717, 1.165) is 0 Å². The predicted molar refractivity (Wildman–Crippen MR) is 88.2 cm³/mol. The van der Waals surface area contributed by atoms with Crippen molar-refractivity contribution in [3.8, 4) is 5.88 Å². The molecule has 0 spiro atoms. The van der Waals surface area contributed by atoms with Gasteiger partial charge >= 0.3 is 12.1 Å². The van der Waals surface area contributed by atoms with Crippen LogP contribution in [0.5, 0.6) is 5.88 Å². The average molecular weight is 352 g/mol. The number of hydrogen-bond donors (Lipinski definition) is 1. The van der Waals surface area contributed by atoms with E-state index in [2.05, 4.69) is 9.97 Å². The number of carboxylic acid groups (broad SMARTS) is 1. The molecule has 0 bridgehead atoms. The second-order valence-corrected chi connectivity index (χ2v) is 6.76. The molecule has 1 aliphatic rings. The molecule has 9 nitrogen and oxygen atoms in total. The fraction of sp³-hybridized carbons (Fsp3) is 0.625. The summed E-state index contributed by atoms with van der Waals surface area (Å²) in [5.74, 6) is -0.641. The number of ether oxygens (including phenoxy) is 2. The average Bonchev–Trinajstić information content (AvgIpc) is 2.53. The fourth-order valence-electron chi connectivity index (χ4n) is 2.56. The maximum absolute atomic E-state index is 12.2. The minimum absolute atomic E-state index is 0.0484. The second kappa shape index (κ2) is 7.64. The van der Waals surface area contributed by atoms with Crippen LogP contribution in [0.4, 0.5) is 4.79 Å². The normalized spacial score (nSPS) is 18.7. The lowest BCUT2D eigenvalue weighted by Crippen LogP contribution is -2.57. The minimum atomic E-state index is -1.00. The molecular formula is C16H24N4O5. The van der Waals surface area contributed by atoms with Crippen LogP contribution in [0.15, 0.2) is 12.4 Å². The summed E-state index contributed by atoms with van der Waals surface area (Å²) in [6.07, 6.45) is 2.54. The van der Waals surface area contributed by atoms with E-state index < -0.39 is 23.7 Å². The van der Waals surface area contributed by atoms with Gasteiger partial charge in [-0.05, 0) is 20.8 Å². The van der Waals surface area contributed by atoms with Crippen molar-refractivity contribution in [3.63, 3.8) is 0 Å². The van der Waals surface area contributed by atoms with E-state index in [1.165, 1.54) is 24.4 Å². The summed E-state index contributed by atoms with van der Waals surface area (Å²) in [6, 6.07) is -0.854. The monoisotopic (exact) mass is 352 g/mol. The molecule has 25 heavy (non-hydrogen) atoms. The van der Waals surface area contributed by atoms with Gasteiger partial charge in [-0.3, -0.25) is 14.7 Å². The molecule has 1 amide bonds. The van der Waals surface area contributed by atoms with Crippen LogP contribution in [0.25, 0.3) is 0 Å². The minimum Gasteiger partial charge on any atom is -0.480 e. The molecule has 1 saturated heterocycles. The summed E-state index contributed by atoms with van der Waals surface area (Å²) in [5.41, 5.74) is -0.0677. The molecule has 138 valence electrons. The summed E-state index contributed by atoms with van der Waals surface area (Å²) < 4.78 is 10.5. The molecular weight excluding hydrogens is 328 g/mol. The van der Waals surface area contributed by atoms with Crippen molar-refractivity contribution in [3.05, 3.63) is 18.1 Å². The van der Waals surface area contributed by atoms with Gasteiger partial charge in [-0.25, -0.2) is 9.78 Å². The summed E-state index contributed by atoms with van der Waals surface area (Å²) in [4.78, 5) is 35.3. The Balaban J connectivity index is 2.09. The molecule has 1 fully saturated rings. The van der Waals surface area contributed by atoms with Gasteiger partial charge in [0, 0.05) is 32.0 Å². The standard InChI is InChI=1S/C16H24N4O5/c1-16(2,3)25-15(23)20-8-7-19(12(10-20)14(21)22)9-11-13(24-4)18-6-5-17-11/h5-6,12H,7-10H2,1-4H3,(H,21,22)/t12-/m0/s1. The van der Waals surface area contributed by atoms with Crippen molar-refractivity contribution in [2.75, 3.05) is 26.7 Å². The van der Waals surface area contributed by atoms with Crippen molar-refractivity contribution in [1.82, 2.24) is 19.8 Å². The van der Waals surface area contributed by atoms with E-state index in [-0.39, 0.29) is 13.1 Å². The number of methoxy groups -OCH3 is 1. The Labute approximate surface area is 146 Å². The highest BCUT2D eigenvalue weighted by molar-refractivity contribution is 5.76. The number of rotatable bonds is 4. The third-order valence-corrected chi connectivity index (χ3v) is 3.71. The summed E-state index contributed by atoms with van der Waals surface area (Å²) in [6.45, 7) is 6.41. The van der Waals surface area contributed by atoms with E-state index in [0.29, 0.717) is 24.7 Å². The van der Waals surface area contributed by atoms with Gasteiger partial charge in [0.1, 0.15) is 17.3 Å². The van der Waals surface area contributed by atoms with Crippen LogP contribution in [0, 0.1) is 0 Å². The molecule has 0 aliphatic carbocycles. The molecule has 0 saturated carbocycles. The Morgan fingerprint density at radius 1 is 1.28 bits per heavy atom. The first-order valence-electron chi connectivity index (χ1n) is 8.00. The van der Waals surface area contributed by atoms with Crippen LogP contribution < -0.4 is 4.74 Å². The lowest BCUT2D eigenvalue weighted by Gasteiger charge is -2.39. The Bertz CT molecular complexity index is 631. The molecule has 0 unspecified atom stereocenters. The first-order chi connectivity index (χ1) is 11.7. The van der Waals surface area contributed by atoms with Crippen molar-refractivity contribution in [1.29, 1.82) is 0 Å². The molecule has 0 aromatic carbocycles. The second-order valence-electron chi connectivity index (χ2n) is 6.76. The molecule has 1 N–H and O–H groups in total. The number of aliphatic carboxylic acids is 1. The van der Waals surface area contributed by atoms with E-state index in [4.69, 9.17) is 9.47 Å². The fourth-order valence-corrected chi connectivity index (χ4v) is 2.56. The molecule has 0 radical (unpaired) electrons. The third kappa shape index (κ3) is 5.02. The Hall–Kier alpha value is -2.42. The number of hydrogen-bond acceptors (Lipinski definition) is 7. The maximum atomic E-state index is 12.2. The van der Waals surface area contributed by atoms with Crippen molar-refractivity contribution in [2.45, 2.75) is 39.0 Å². The lowest BCUT2D eigenvalue weighted by molar-refractivity contribution is -0.145. The summed E-state index contributed by atoms with van der Waals surface area (Å²) in [7, 11) is 1.49. The van der Waals surface area contributed by atoms with Gasteiger partial charge in [0.2, 0.25) is 5.88 Å². The highest BCUT2D eigenvalue weighted by Gasteiger charge is 2.36. The highest BCUT2D eigenvalue weighted by atomic mass is 16.6. The van der Waals surface area contributed by atoms with Gasteiger partial charge in [0.05, 0.1) is 13.7 Å². The number of carbonyl (C=O) groups is 2. The number of carbonyl (C=O) groups excluding carboxylic acids is 1. The largest absolute Gasteiger partial charge is 0.480 e. The van der Waals surface area contributed by atoms with E-state index >= 15 is 0 Å². The Morgan fingerprint density at radius 2 is 1.96 bits per heavy atom. The Morgan fingerprint density at radius 3 is 2.56 bits per heavy atom.